The Labute approximate surface area is 131 Å². The molecule has 0 bridgehead atoms. The topological polar surface area (TPSA) is 92.5 Å². The van der Waals surface area contributed by atoms with Crippen LogP contribution in [0.25, 0.3) is 0 Å². The maximum atomic E-state index is 10.9. The zero-order valence-corrected chi connectivity index (χ0v) is 13.6. The van der Waals surface area contributed by atoms with Gasteiger partial charge in [0.2, 0.25) is 0 Å². The van der Waals surface area contributed by atoms with Crippen molar-refractivity contribution >= 4 is 33.3 Å². The fourth-order valence-corrected chi connectivity index (χ4v) is 2.67. The van der Waals surface area contributed by atoms with Gasteiger partial charge < -0.3 is 10.4 Å². The molecule has 0 saturated heterocycles. The number of anilines is 1. The summed E-state index contributed by atoms with van der Waals surface area (Å²) in [5, 5.41) is 22.8. The van der Waals surface area contributed by atoms with Gasteiger partial charge in [0, 0.05) is 35.3 Å². The highest BCUT2D eigenvalue weighted by molar-refractivity contribution is 9.10. The molecule has 116 valence electrons. The van der Waals surface area contributed by atoms with Crippen molar-refractivity contribution in [1.82, 2.24) is 0 Å². The molecular weight excluding hydrogens is 340 g/mol. The van der Waals surface area contributed by atoms with E-state index in [2.05, 4.69) is 35.1 Å². The van der Waals surface area contributed by atoms with Gasteiger partial charge in [0.05, 0.1) is 4.92 Å². The second-order valence-electron chi connectivity index (χ2n) is 5.40. The summed E-state index contributed by atoms with van der Waals surface area (Å²) in [6, 6.07) is 4.47. The Bertz CT molecular complexity index is 520. The lowest BCUT2D eigenvalue weighted by molar-refractivity contribution is -0.384. The molecular formula is C14H19BrN2O4. The average molecular weight is 359 g/mol. The molecule has 2 N–H and O–H groups in total. The van der Waals surface area contributed by atoms with E-state index in [0.717, 1.165) is 12.1 Å². The Kier molecular flexibility index (Phi) is 6.61. The van der Waals surface area contributed by atoms with Gasteiger partial charge in [-0.3, -0.25) is 14.9 Å². The van der Waals surface area contributed by atoms with Gasteiger partial charge in [0.1, 0.15) is 0 Å². The van der Waals surface area contributed by atoms with Crippen molar-refractivity contribution in [2.75, 3.05) is 11.9 Å². The number of hydrogen-bond donors (Lipinski definition) is 2. The standard InChI is InChI=1S/C14H19BrN2O4/c1-9(2)5-10(6-14(18)19)8-16-13-4-3-11(17(20)21)7-12(13)15/h3-4,7,9-10,16H,5-6,8H2,1-2H3,(H,18,19). The van der Waals surface area contributed by atoms with Crippen LogP contribution in [0, 0.1) is 22.0 Å². The molecule has 21 heavy (non-hydrogen) atoms. The quantitative estimate of drug-likeness (QED) is 0.542. The predicted molar refractivity (Wildman–Crippen MR) is 84.5 cm³/mol. The molecule has 1 rings (SSSR count). The SMILES string of the molecule is CC(C)CC(CNc1ccc([N+](=O)[O-])cc1Br)CC(=O)O. The van der Waals surface area contributed by atoms with Crippen LogP contribution in [0.4, 0.5) is 11.4 Å². The van der Waals surface area contributed by atoms with Crippen LogP contribution in [0.2, 0.25) is 0 Å². The second kappa shape index (κ2) is 7.97. The summed E-state index contributed by atoms with van der Waals surface area (Å²) < 4.78 is 0.593. The summed E-state index contributed by atoms with van der Waals surface area (Å²) in [4.78, 5) is 21.1. The number of halogens is 1. The van der Waals surface area contributed by atoms with Crippen LogP contribution < -0.4 is 5.32 Å². The van der Waals surface area contributed by atoms with Gasteiger partial charge in [0.15, 0.2) is 0 Å². The first-order chi connectivity index (χ1) is 9.79. The van der Waals surface area contributed by atoms with E-state index in [4.69, 9.17) is 5.11 Å². The molecule has 0 aliphatic carbocycles. The van der Waals surface area contributed by atoms with Crippen molar-refractivity contribution < 1.29 is 14.8 Å². The Hall–Kier alpha value is -1.63. The van der Waals surface area contributed by atoms with Crippen molar-refractivity contribution in [1.29, 1.82) is 0 Å². The van der Waals surface area contributed by atoms with Crippen LogP contribution in [0.5, 0.6) is 0 Å². The van der Waals surface area contributed by atoms with E-state index in [1.165, 1.54) is 12.1 Å². The first kappa shape index (κ1) is 17.4. The van der Waals surface area contributed by atoms with E-state index in [1.54, 1.807) is 6.07 Å². The third kappa shape index (κ3) is 6.12. The number of nitro groups is 1. The number of carbonyl (C=O) groups is 1. The molecule has 0 saturated carbocycles. The van der Waals surface area contributed by atoms with Gasteiger partial charge in [-0.1, -0.05) is 13.8 Å². The minimum atomic E-state index is -0.815. The fraction of sp³-hybridized carbons (Fsp3) is 0.500. The Morgan fingerprint density at radius 3 is 2.62 bits per heavy atom. The summed E-state index contributed by atoms with van der Waals surface area (Å²) >= 11 is 3.28. The van der Waals surface area contributed by atoms with E-state index in [1.807, 2.05) is 0 Å². The molecule has 0 amide bonds. The van der Waals surface area contributed by atoms with Gasteiger partial charge in [-0.25, -0.2) is 0 Å². The molecule has 1 aromatic rings. The number of rotatable bonds is 8. The van der Waals surface area contributed by atoms with Crippen LogP contribution in [0.1, 0.15) is 26.7 Å². The molecule has 1 aromatic carbocycles. The molecule has 0 radical (unpaired) electrons. The predicted octanol–water partition coefficient (Wildman–Crippen LogP) is 3.91. The zero-order chi connectivity index (χ0) is 16.0. The Morgan fingerprint density at radius 1 is 1.48 bits per heavy atom. The van der Waals surface area contributed by atoms with Crippen molar-refractivity contribution in [3.8, 4) is 0 Å². The smallest absolute Gasteiger partial charge is 0.303 e. The van der Waals surface area contributed by atoms with Crippen LogP contribution >= 0.6 is 15.9 Å². The van der Waals surface area contributed by atoms with Crippen molar-refractivity contribution in [2.24, 2.45) is 11.8 Å². The number of benzene rings is 1. The van der Waals surface area contributed by atoms with E-state index in [9.17, 15) is 14.9 Å². The highest BCUT2D eigenvalue weighted by atomic mass is 79.9. The van der Waals surface area contributed by atoms with Crippen LogP contribution in [0.15, 0.2) is 22.7 Å². The number of hydrogen-bond acceptors (Lipinski definition) is 4. The van der Waals surface area contributed by atoms with E-state index in [-0.39, 0.29) is 18.0 Å². The maximum Gasteiger partial charge on any atom is 0.303 e. The monoisotopic (exact) mass is 358 g/mol. The van der Waals surface area contributed by atoms with Crippen LogP contribution in [-0.2, 0) is 4.79 Å². The third-order valence-electron chi connectivity index (χ3n) is 3.01. The first-order valence-electron chi connectivity index (χ1n) is 6.69. The summed E-state index contributed by atoms with van der Waals surface area (Å²) in [5.41, 5.74) is 0.733. The summed E-state index contributed by atoms with van der Waals surface area (Å²) in [6.45, 7) is 4.62. The maximum absolute atomic E-state index is 10.9. The first-order valence-corrected chi connectivity index (χ1v) is 7.48. The van der Waals surface area contributed by atoms with Crippen molar-refractivity contribution in [3.63, 3.8) is 0 Å². The van der Waals surface area contributed by atoms with Gasteiger partial charge in [-0.2, -0.15) is 0 Å². The Balaban J connectivity index is 2.70. The molecule has 1 unspecified atom stereocenters. The Morgan fingerprint density at radius 2 is 2.14 bits per heavy atom. The van der Waals surface area contributed by atoms with E-state index < -0.39 is 10.9 Å². The summed E-state index contributed by atoms with van der Waals surface area (Å²) in [7, 11) is 0. The molecule has 0 aliphatic rings. The molecule has 6 nitrogen and oxygen atoms in total. The highest BCUT2D eigenvalue weighted by Crippen LogP contribution is 2.28. The normalized spacial score (nSPS) is 12.2. The van der Waals surface area contributed by atoms with Gasteiger partial charge in [-0.05, 0) is 40.3 Å². The molecule has 0 aromatic heterocycles. The molecule has 0 heterocycles. The largest absolute Gasteiger partial charge is 0.481 e. The van der Waals surface area contributed by atoms with Gasteiger partial charge in [0.25, 0.3) is 5.69 Å². The number of aliphatic carboxylic acids is 1. The number of nitrogens with zero attached hydrogens (tertiary/aromatic N) is 1. The molecule has 0 aliphatic heterocycles. The lowest BCUT2D eigenvalue weighted by atomic mass is 9.94. The lowest BCUT2D eigenvalue weighted by Crippen LogP contribution is -2.19. The molecule has 1 atom stereocenters. The van der Waals surface area contributed by atoms with Gasteiger partial charge in [-0.15, -0.1) is 0 Å². The molecule has 0 fully saturated rings. The number of carboxylic acids is 1. The van der Waals surface area contributed by atoms with Crippen molar-refractivity contribution in [2.45, 2.75) is 26.7 Å². The van der Waals surface area contributed by atoms with Crippen molar-refractivity contribution in [3.05, 3.63) is 32.8 Å². The minimum absolute atomic E-state index is 0.0108. The number of nitrogens with one attached hydrogen (secondary N) is 1. The minimum Gasteiger partial charge on any atom is -0.481 e. The summed E-state index contributed by atoms with van der Waals surface area (Å²) in [6.07, 6.45) is 0.916. The highest BCUT2D eigenvalue weighted by Gasteiger charge is 2.16. The molecule has 7 heteroatoms. The van der Waals surface area contributed by atoms with Crippen LogP contribution in [0.3, 0.4) is 0 Å². The van der Waals surface area contributed by atoms with Crippen LogP contribution in [-0.4, -0.2) is 22.5 Å². The van der Waals surface area contributed by atoms with E-state index >= 15 is 0 Å². The number of non-ortho nitro benzene ring substituents is 1. The number of carboxylic acid groups (broad SMARTS) is 1. The summed E-state index contributed by atoms with van der Waals surface area (Å²) in [5.74, 6) is -0.383. The second-order valence-corrected chi connectivity index (χ2v) is 6.25. The fourth-order valence-electron chi connectivity index (χ4n) is 2.17. The average Bonchev–Trinajstić information content (AvgIpc) is 2.35. The molecule has 0 spiro atoms. The van der Waals surface area contributed by atoms with Gasteiger partial charge >= 0.3 is 5.97 Å². The lowest BCUT2D eigenvalue weighted by Gasteiger charge is -2.19. The van der Waals surface area contributed by atoms with E-state index in [0.29, 0.717) is 16.9 Å². The third-order valence-corrected chi connectivity index (χ3v) is 3.67. The zero-order valence-electron chi connectivity index (χ0n) is 12.0. The number of nitro benzene ring substituents is 1.